The molecule has 10 heteroatoms. The first kappa shape index (κ1) is 39.2. The Labute approximate surface area is 353 Å². The number of ether oxygens (including phenoxy) is 3. The SMILES string of the molecule is CCC1CN2CCC1C[C@H]2[C@H](COc1nnc(OC[C@H](c2ccnc3ccc(OC)cc23)C2C[C@H]3CCN2CC3CC)c2ccccc12)c1ccnc2ccc(CO)cc12. The average molecular weight is 807 g/mol. The lowest BCUT2D eigenvalue weighted by Crippen LogP contribution is -2.55. The topological polar surface area (TPSA) is 106 Å². The molecule has 60 heavy (non-hydrogen) atoms. The first-order valence-corrected chi connectivity index (χ1v) is 22.4. The molecule has 0 amide bonds. The fourth-order valence-corrected chi connectivity index (χ4v) is 11.8. The molecule has 3 aromatic heterocycles. The van der Waals surface area contributed by atoms with Crippen LogP contribution in [0.4, 0.5) is 0 Å². The summed E-state index contributed by atoms with van der Waals surface area (Å²) in [6.07, 6.45) is 11.1. The molecule has 312 valence electrons. The minimum atomic E-state index is -0.00928. The molecule has 6 aromatic rings. The summed E-state index contributed by atoms with van der Waals surface area (Å²) in [4.78, 5) is 14.9. The number of piperidine rings is 6. The van der Waals surface area contributed by atoms with Crippen LogP contribution >= 0.6 is 0 Å². The van der Waals surface area contributed by atoms with Crippen molar-refractivity contribution < 1.29 is 19.3 Å². The molecule has 6 aliphatic rings. The van der Waals surface area contributed by atoms with Crippen LogP contribution in [0.2, 0.25) is 0 Å². The minimum absolute atomic E-state index is 0.00928. The van der Waals surface area contributed by atoms with E-state index in [0.717, 1.165) is 107 Å². The molecule has 10 nitrogen and oxygen atoms in total. The van der Waals surface area contributed by atoms with Crippen molar-refractivity contribution in [2.75, 3.05) is 46.5 Å². The van der Waals surface area contributed by atoms with Gasteiger partial charge in [-0.3, -0.25) is 19.8 Å². The number of nitrogens with zero attached hydrogens (tertiary/aromatic N) is 6. The third kappa shape index (κ3) is 7.24. The molecule has 0 saturated carbocycles. The monoisotopic (exact) mass is 806 g/mol. The van der Waals surface area contributed by atoms with Crippen LogP contribution in [-0.4, -0.2) is 93.7 Å². The van der Waals surface area contributed by atoms with E-state index in [1.54, 1.807) is 7.11 Å². The van der Waals surface area contributed by atoms with Crippen LogP contribution in [0.3, 0.4) is 0 Å². The molecular weight excluding hydrogens is 749 g/mol. The first-order valence-electron chi connectivity index (χ1n) is 22.4. The maximum Gasteiger partial charge on any atom is 0.241 e. The Morgan fingerprint density at radius 1 is 0.667 bits per heavy atom. The van der Waals surface area contributed by atoms with Gasteiger partial charge in [-0.1, -0.05) is 44.9 Å². The fraction of sp³-hybridized carbons (Fsp3) is 0.480. The number of hydrogen-bond acceptors (Lipinski definition) is 10. The van der Waals surface area contributed by atoms with E-state index in [2.05, 4.69) is 66.1 Å². The zero-order valence-corrected chi connectivity index (χ0v) is 35.2. The highest BCUT2D eigenvalue weighted by atomic mass is 16.5. The first-order chi connectivity index (χ1) is 29.5. The van der Waals surface area contributed by atoms with Crippen molar-refractivity contribution in [2.45, 2.75) is 82.9 Å². The second-order valence-corrected chi connectivity index (χ2v) is 17.9. The van der Waals surface area contributed by atoms with Crippen molar-refractivity contribution in [3.05, 3.63) is 102 Å². The standard InChI is InChI=1S/C50H58N6O4/c1-4-32-26-55-20-16-34(32)23-47(55)43(37-14-18-51-45-12-10-31(28-57)22-41(37)45)29-59-49-39-8-6-7-9-40(39)50(54-53-49)60-30-44(48-24-35-17-21-56(48)27-33(35)5-2)38-15-19-52-46-13-11-36(58-3)25-42(38)46/h6-15,18-19,22,25,32-35,43-44,47-48,57H,4-5,16-17,20-21,23-24,26-30H2,1-3H3/t32?,33?,34?,35-,43-,44-,47+,48?/m1/s1. The number of aliphatic hydroxyl groups excluding tert-OH is 1. The Bertz CT molecular complexity index is 2310. The molecule has 3 aromatic carbocycles. The second-order valence-electron chi connectivity index (χ2n) is 17.9. The van der Waals surface area contributed by atoms with Crippen molar-refractivity contribution in [1.82, 2.24) is 30.0 Å². The highest BCUT2D eigenvalue weighted by Crippen LogP contribution is 2.46. The third-order valence-electron chi connectivity index (χ3n) is 15.1. The van der Waals surface area contributed by atoms with Crippen molar-refractivity contribution in [2.24, 2.45) is 23.7 Å². The predicted molar refractivity (Wildman–Crippen MR) is 236 cm³/mol. The molecule has 0 spiro atoms. The number of hydrogen-bond donors (Lipinski definition) is 1. The van der Waals surface area contributed by atoms with Gasteiger partial charge < -0.3 is 19.3 Å². The number of aliphatic hydroxyl groups is 1. The van der Waals surface area contributed by atoms with E-state index in [-0.39, 0.29) is 18.4 Å². The Hall–Kier alpha value is -4.90. The maximum atomic E-state index is 10.1. The van der Waals surface area contributed by atoms with Gasteiger partial charge in [-0.2, -0.15) is 0 Å². The van der Waals surface area contributed by atoms with Crippen LogP contribution in [0, 0.1) is 23.7 Å². The number of rotatable bonds is 14. The highest BCUT2D eigenvalue weighted by Gasteiger charge is 2.45. The van der Waals surface area contributed by atoms with Crippen molar-refractivity contribution in [1.29, 1.82) is 0 Å². The second kappa shape index (κ2) is 16.9. The van der Waals surface area contributed by atoms with Gasteiger partial charge in [-0.25, -0.2) is 0 Å². The van der Waals surface area contributed by atoms with Crippen LogP contribution in [-0.2, 0) is 6.61 Å². The summed E-state index contributed by atoms with van der Waals surface area (Å²) in [6, 6.07) is 25.5. The molecule has 6 saturated heterocycles. The normalized spacial score (nSPS) is 27.0. The van der Waals surface area contributed by atoms with Crippen LogP contribution in [0.15, 0.2) is 85.2 Å². The van der Waals surface area contributed by atoms with Gasteiger partial charge in [0.15, 0.2) is 0 Å². The number of pyridine rings is 2. The molecule has 1 N–H and O–H groups in total. The van der Waals surface area contributed by atoms with Gasteiger partial charge in [0, 0.05) is 60.2 Å². The van der Waals surface area contributed by atoms with Gasteiger partial charge in [-0.05, 0) is 134 Å². The summed E-state index contributed by atoms with van der Waals surface area (Å²) < 4.78 is 19.5. The largest absolute Gasteiger partial charge is 0.497 e. The van der Waals surface area contributed by atoms with E-state index < -0.39 is 0 Å². The van der Waals surface area contributed by atoms with Crippen molar-refractivity contribution in [3.63, 3.8) is 0 Å². The van der Waals surface area contributed by atoms with E-state index >= 15 is 0 Å². The van der Waals surface area contributed by atoms with Gasteiger partial charge in [0.1, 0.15) is 5.75 Å². The summed E-state index contributed by atoms with van der Waals surface area (Å²) in [5, 5.41) is 23.6. The number of fused-ring (bicyclic) bond motifs is 9. The van der Waals surface area contributed by atoms with Gasteiger partial charge in [0.2, 0.25) is 11.8 Å². The maximum absolute atomic E-state index is 10.1. The molecule has 10 atom stereocenters. The minimum Gasteiger partial charge on any atom is -0.497 e. The van der Waals surface area contributed by atoms with Crippen molar-refractivity contribution in [3.8, 4) is 17.5 Å². The van der Waals surface area contributed by atoms with Crippen molar-refractivity contribution >= 4 is 32.6 Å². The lowest BCUT2D eigenvalue weighted by atomic mass is 9.70. The molecule has 6 aliphatic heterocycles. The quantitative estimate of drug-likeness (QED) is 0.115. The summed E-state index contributed by atoms with van der Waals surface area (Å²) in [7, 11) is 1.72. The molecule has 0 aliphatic carbocycles. The van der Waals surface area contributed by atoms with Gasteiger partial charge >= 0.3 is 0 Å². The number of benzene rings is 3. The van der Waals surface area contributed by atoms with E-state index in [1.165, 1.54) is 36.8 Å². The van der Waals surface area contributed by atoms with Gasteiger partial charge in [0.05, 0.1) is 48.7 Å². The van der Waals surface area contributed by atoms with Gasteiger partial charge in [0.25, 0.3) is 0 Å². The van der Waals surface area contributed by atoms with E-state index in [4.69, 9.17) is 34.4 Å². The molecule has 6 unspecified atom stereocenters. The zero-order chi connectivity index (χ0) is 40.7. The summed E-state index contributed by atoms with van der Waals surface area (Å²) in [5.74, 6) is 4.98. The Morgan fingerprint density at radius 2 is 1.20 bits per heavy atom. The van der Waals surface area contributed by atoms with Crippen LogP contribution in [0.25, 0.3) is 32.6 Å². The van der Waals surface area contributed by atoms with Crippen LogP contribution in [0.1, 0.15) is 80.9 Å². The molecule has 0 radical (unpaired) electrons. The third-order valence-corrected chi connectivity index (χ3v) is 15.1. The predicted octanol–water partition coefficient (Wildman–Crippen LogP) is 8.79. The average Bonchev–Trinajstić information content (AvgIpc) is 3.32. The molecular formula is C50H58N6O4. The number of methoxy groups -OCH3 is 1. The molecule has 9 heterocycles. The Morgan fingerprint density at radius 3 is 1.68 bits per heavy atom. The number of aromatic nitrogens is 4. The lowest BCUT2D eigenvalue weighted by Gasteiger charge is -2.52. The van der Waals surface area contributed by atoms with Gasteiger partial charge in [-0.15, -0.1) is 10.2 Å². The zero-order valence-electron chi connectivity index (χ0n) is 35.2. The van der Waals surface area contributed by atoms with E-state index in [0.29, 0.717) is 37.1 Å². The highest BCUT2D eigenvalue weighted by molar-refractivity contribution is 5.90. The van der Waals surface area contributed by atoms with Crippen LogP contribution in [0.5, 0.6) is 17.5 Å². The lowest BCUT2D eigenvalue weighted by molar-refractivity contribution is -0.0177. The molecule has 4 bridgehead atoms. The van der Waals surface area contributed by atoms with E-state index in [1.807, 2.05) is 42.7 Å². The van der Waals surface area contributed by atoms with E-state index in [9.17, 15) is 5.11 Å². The molecule has 6 fully saturated rings. The smallest absolute Gasteiger partial charge is 0.241 e. The molecule has 12 rings (SSSR count). The Balaban J connectivity index is 0.967. The fourth-order valence-electron chi connectivity index (χ4n) is 11.8. The Kier molecular flexibility index (Phi) is 11.0. The summed E-state index contributed by atoms with van der Waals surface area (Å²) >= 11 is 0. The summed E-state index contributed by atoms with van der Waals surface area (Å²) in [6.45, 7) is 10.1. The van der Waals surface area contributed by atoms with Crippen LogP contribution < -0.4 is 14.2 Å². The summed E-state index contributed by atoms with van der Waals surface area (Å²) in [5.41, 5.74) is 5.23.